The lowest BCUT2D eigenvalue weighted by Gasteiger charge is -2.18. The topological polar surface area (TPSA) is 132 Å². The average Bonchev–Trinajstić information content (AvgIpc) is 4.28. The Labute approximate surface area is 477 Å². The molecular weight excluding hydrogens is 981 g/mol. The van der Waals surface area contributed by atoms with Crippen LogP contribution in [0.25, 0.3) is 0 Å². The Morgan fingerprint density at radius 2 is 0.731 bits per heavy atom. The summed E-state index contributed by atoms with van der Waals surface area (Å²) in [5.74, 6) is -0.159. The summed E-state index contributed by atoms with van der Waals surface area (Å²) in [6, 6.07) is 0. The first-order chi connectivity index (χ1) is 38.4. The average molecular weight is 1100 g/mol. The van der Waals surface area contributed by atoms with Gasteiger partial charge in [-0.3, -0.25) is 14.4 Å². The Bertz CT molecular complexity index is 1430. The molecule has 0 N–H and O–H groups in total. The normalized spacial score (nSPS) is 17.7. The van der Waals surface area contributed by atoms with Gasteiger partial charge in [-0.15, -0.1) is 0 Å². The van der Waals surface area contributed by atoms with Gasteiger partial charge in [0.1, 0.15) is 25.4 Å². The fraction of sp³-hybridized carbons (Fsp3) is 0.866. The van der Waals surface area contributed by atoms with E-state index in [2.05, 4.69) is 57.2 Å². The van der Waals surface area contributed by atoms with Crippen LogP contribution in [0.15, 0.2) is 36.5 Å². The minimum absolute atomic E-state index is 0.111. The SMILES string of the molecule is CCCCCCC(C/C=C/CCCCCCCC(=O)OCC(COC(=O)CCCCCCC/C=C/CC(CCCCCC)OCC1CO1)OC(=O)CCCCCCC/C=C/CC(CCCCCC)OCC1CO1)OCC1CC1. The summed E-state index contributed by atoms with van der Waals surface area (Å²) >= 11 is 0. The van der Waals surface area contributed by atoms with Gasteiger partial charge in [0.15, 0.2) is 6.10 Å². The summed E-state index contributed by atoms with van der Waals surface area (Å²) in [4.78, 5) is 38.7. The third kappa shape index (κ3) is 45.1. The fourth-order valence-corrected chi connectivity index (χ4v) is 9.74. The minimum atomic E-state index is -0.821. The smallest absolute Gasteiger partial charge is 0.306 e. The van der Waals surface area contributed by atoms with E-state index in [4.69, 9.17) is 37.9 Å². The van der Waals surface area contributed by atoms with Crippen LogP contribution in [0.3, 0.4) is 0 Å². The number of hydrogen-bond donors (Lipinski definition) is 0. The van der Waals surface area contributed by atoms with Gasteiger partial charge in [0.25, 0.3) is 0 Å². The number of epoxide rings is 2. The second-order valence-electron chi connectivity index (χ2n) is 23.3. The number of carbonyl (C=O) groups is 3. The van der Waals surface area contributed by atoms with E-state index in [9.17, 15) is 14.4 Å². The van der Waals surface area contributed by atoms with Crippen molar-refractivity contribution in [2.24, 2.45) is 5.92 Å². The lowest BCUT2D eigenvalue weighted by molar-refractivity contribution is -0.167. The summed E-state index contributed by atoms with van der Waals surface area (Å²) < 4.78 is 46.3. The monoisotopic (exact) mass is 1100 g/mol. The first-order valence-electron chi connectivity index (χ1n) is 32.9. The molecule has 0 bridgehead atoms. The number of allylic oxidation sites excluding steroid dienone is 3. The highest BCUT2D eigenvalue weighted by atomic mass is 16.6. The van der Waals surface area contributed by atoms with Gasteiger partial charge in [-0.05, 0) is 115 Å². The third-order valence-electron chi connectivity index (χ3n) is 15.4. The van der Waals surface area contributed by atoms with Crippen LogP contribution in [0.1, 0.15) is 284 Å². The molecule has 6 atom stereocenters. The number of hydrogen-bond acceptors (Lipinski definition) is 11. The van der Waals surface area contributed by atoms with E-state index in [1.165, 1.54) is 96.3 Å². The summed E-state index contributed by atoms with van der Waals surface area (Å²) in [5.41, 5.74) is 0. The summed E-state index contributed by atoms with van der Waals surface area (Å²) in [5, 5.41) is 0. The Balaban J connectivity index is 1.29. The molecule has 0 spiro atoms. The van der Waals surface area contributed by atoms with E-state index in [1.807, 2.05) is 0 Å². The number of ether oxygens (including phenoxy) is 8. The Morgan fingerprint density at radius 3 is 1.09 bits per heavy atom. The number of carbonyl (C=O) groups excluding carboxylic acids is 3. The maximum atomic E-state index is 13.0. The van der Waals surface area contributed by atoms with Gasteiger partial charge in [0.2, 0.25) is 0 Å². The second kappa shape index (κ2) is 50.2. The number of rotatable bonds is 59. The molecule has 1 saturated carbocycles. The highest BCUT2D eigenvalue weighted by molar-refractivity contribution is 5.71. The van der Waals surface area contributed by atoms with Crippen LogP contribution in [0, 0.1) is 5.92 Å². The van der Waals surface area contributed by atoms with Crippen molar-refractivity contribution in [2.75, 3.05) is 46.2 Å². The predicted molar refractivity (Wildman–Crippen MR) is 318 cm³/mol. The molecule has 0 radical (unpaired) electrons. The zero-order chi connectivity index (χ0) is 55.6. The highest BCUT2D eigenvalue weighted by Gasteiger charge is 2.26. The van der Waals surface area contributed by atoms with E-state index < -0.39 is 6.10 Å². The molecule has 3 rings (SSSR count). The predicted octanol–water partition coefficient (Wildman–Crippen LogP) is 17.3. The standard InChI is InChI=1S/C67H118O11/c1-4-7-10-31-40-59(71-51-58-49-50-58)43-34-25-19-13-16-22-28-37-46-65(68)76-56-64(78-67(70)48-39-30-24-18-15-21-27-36-45-61(42-33-12-9-6-3)73-53-63-55-75-63)57-77-66(69)47-38-29-23-17-14-20-26-35-44-60(41-32-11-8-5-2)72-52-62-54-74-62/h25-27,34-36,58-64H,4-24,28-33,37-57H2,1-3H3/b34-25+,35-26+,36-27+. The molecule has 2 heterocycles. The molecule has 2 saturated heterocycles. The van der Waals surface area contributed by atoms with Crippen molar-refractivity contribution >= 4 is 17.9 Å². The molecular formula is C67H118O11. The molecule has 1 aliphatic carbocycles. The molecule has 11 nitrogen and oxygen atoms in total. The fourth-order valence-electron chi connectivity index (χ4n) is 9.74. The highest BCUT2D eigenvalue weighted by Crippen LogP contribution is 2.30. The molecule has 78 heavy (non-hydrogen) atoms. The van der Waals surface area contributed by atoms with Crippen molar-refractivity contribution in [3.05, 3.63) is 36.5 Å². The van der Waals surface area contributed by atoms with Crippen molar-refractivity contribution in [3.63, 3.8) is 0 Å². The largest absolute Gasteiger partial charge is 0.462 e. The lowest BCUT2D eigenvalue weighted by Crippen LogP contribution is -2.30. The van der Waals surface area contributed by atoms with E-state index in [0.717, 1.165) is 180 Å². The van der Waals surface area contributed by atoms with E-state index >= 15 is 0 Å². The van der Waals surface area contributed by atoms with Crippen molar-refractivity contribution in [1.82, 2.24) is 0 Å². The van der Waals surface area contributed by atoms with Gasteiger partial charge < -0.3 is 37.9 Å². The van der Waals surface area contributed by atoms with Crippen LogP contribution in [0.2, 0.25) is 0 Å². The molecule has 2 aliphatic heterocycles. The minimum Gasteiger partial charge on any atom is -0.462 e. The number of esters is 3. The van der Waals surface area contributed by atoms with Gasteiger partial charge in [0.05, 0.1) is 44.7 Å². The van der Waals surface area contributed by atoms with Crippen molar-refractivity contribution < 1.29 is 52.3 Å². The van der Waals surface area contributed by atoms with Gasteiger partial charge in [-0.1, -0.05) is 192 Å². The van der Waals surface area contributed by atoms with Crippen molar-refractivity contribution in [3.8, 4) is 0 Å². The molecule has 0 aromatic rings. The second-order valence-corrected chi connectivity index (χ2v) is 23.3. The number of unbranched alkanes of at least 4 members (excludes halogenated alkanes) is 24. The quantitative estimate of drug-likeness (QED) is 0.0190. The third-order valence-corrected chi connectivity index (χ3v) is 15.4. The maximum absolute atomic E-state index is 13.0. The summed E-state index contributed by atoms with van der Waals surface area (Å²) in [6.45, 7) is 10.6. The molecule has 0 amide bonds. The molecule has 3 fully saturated rings. The first kappa shape index (κ1) is 69.7. The van der Waals surface area contributed by atoms with Crippen LogP contribution >= 0.6 is 0 Å². The Morgan fingerprint density at radius 1 is 0.397 bits per heavy atom. The van der Waals surface area contributed by atoms with E-state index in [0.29, 0.717) is 37.8 Å². The van der Waals surface area contributed by atoms with Crippen LogP contribution in [-0.4, -0.2) is 101 Å². The molecule has 11 heteroatoms. The summed E-state index contributed by atoms with van der Waals surface area (Å²) in [7, 11) is 0. The van der Waals surface area contributed by atoms with Crippen LogP contribution in [0.5, 0.6) is 0 Å². The molecule has 452 valence electrons. The maximum Gasteiger partial charge on any atom is 0.306 e. The zero-order valence-electron chi connectivity index (χ0n) is 50.4. The Hall–Kier alpha value is -2.57. The molecule has 0 aromatic heterocycles. The van der Waals surface area contributed by atoms with Gasteiger partial charge in [-0.25, -0.2) is 0 Å². The van der Waals surface area contributed by atoms with Crippen molar-refractivity contribution in [2.45, 2.75) is 321 Å². The van der Waals surface area contributed by atoms with Gasteiger partial charge >= 0.3 is 17.9 Å². The van der Waals surface area contributed by atoms with Crippen LogP contribution < -0.4 is 0 Å². The van der Waals surface area contributed by atoms with E-state index in [1.54, 1.807) is 0 Å². The summed E-state index contributed by atoms with van der Waals surface area (Å²) in [6.07, 6.45) is 58.0. The zero-order valence-corrected chi connectivity index (χ0v) is 50.4. The van der Waals surface area contributed by atoms with Crippen LogP contribution in [0.4, 0.5) is 0 Å². The molecule has 0 aromatic carbocycles. The molecule has 6 unspecified atom stereocenters. The lowest BCUT2D eigenvalue weighted by atomic mass is 10.1. The van der Waals surface area contributed by atoms with E-state index in [-0.39, 0.29) is 49.8 Å². The van der Waals surface area contributed by atoms with Crippen molar-refractivity contribution in [1.29, 1.82) is 0 Å². The van der Waals surface area contributed by atoms with Gasteiger partial charge in [0, 0.05) is 25.9 Å². The first-order valence-corrected chi connectivity index (χ1v) is 32.9. The van der Waals surface area contributed by atoms with Gasteiger partial charge in [-0.2, -0.15) is 0 Å². The van der Waals surface area contributed by atoms with Crippen LogP contribution in [-0.2, 0) is 52.3 Å². The Kier molecular flexibility index (Phi) is 44.8. The molecule has 3 aliphatic rings.